The first-order chi connectivity index (χ1) is 9.65. The zero-order chi connectivity index (χ0) is 14.5. The van der Waals surface area contributed by atoms with Gasteiger partial charge in [-0.3, -0.25) is 4.98 Å². The highest BCUT2D eigenvalue weighted by Crippen LogP contribution is 2.22. The molecule has 4 nitrogen and oxygen atoms in total. The van der Waals surface area contributed by atoms with Crippen LogP contribution >= 0.6 is 0 Å². The van der Waals surface area contributed by atoms with E-state index in [-0.39, 0.29) is 5.56 Å². The van der Waals surface area contributed by atoms with Crippen molar-refractivity contribution in [2.75, 3.05) is 7.11 Å². The van der Waals surface area contributed by atoms with Gasteiger partial charge < -0.3 is 9.84 Å². The predicted octanol–water partition coefficient (Wildman–Crippen LogP) is 3.41. The van der Waals surface area contributed by atoms with Crippen molar-refractivity contribution in [1.29, 1.82) is 0 Å². The molecule has 4 heteroatoms. The van der Waals surface area contributed by atoms with E-state index < -0.39 is 5.97 Å². The highest BCUT2D eigenvalue weighted by molar-refractivity contribution is 5.89. The Morgan fingerprint density at radius 1 is 1.20 bits per heavy atom. The molecular formula is C16H17NO3. The molecule has 1 N–H and O–H groups in total. The molecule has 0 bridgehead atoms. The van der Waals surface area contributed by atoms with Gasteiger partial charge in [0.2, 0.25) is 0 Å². The third-order valence-electron chi connectivity index (χ3n) is 3.08. The minimum absolute atomic E-state index is 0.282. The number of aryl methyl sites for hydroxylation is 1. The largest absolute Gasteiger partial charge is 0.497 e. The molecule has 20 heavy (non-hydrogen) atoms. The second kappa shape index (κ2) is 6.19. The Morgan fingerprint density at radius 2 is 1.90 bits per heavy atom. The zero-order valence-corrected chi connectivity index (χ0v) is 11.6. The fraction of sp³-hybridized carbons (Fsp3) is 0.250. The summed E-state index contributed by atoms with van der Waals surface area (Å²) in [5.41, 5.74) is 2.64. The molecule has 0 unspecified atom stereocenters. The Hall–Kier alpha value is -2.36. The summed E-state index contributed by atoms with van der Waals surface area (Å²) < 4.78 is 5.12. The van der Waals surface area contributed by atoms with E-state index in [2.05, 4.69) is 4.98 Å². The molecule has 0 amide bonds. The summed E-state index contributed by atoms with van der Waals surface area (Å²) in [5, 5.41) is 9.17. The lowest BCUT2D eigenvalue weighted by molar-refractivity contribution is 0.0695. The van der Waals surface area contributed by atoms with E-state index in [4.69, 9.17) is 9.84 Å². The minimum atomic E-state index is -0.928. The van der Waals surface area contributed by atoms with Crippen LogP contribution in [0.15, 0.2) is 36.4 Å². The Bertz CT molecular complexity index is 606. The van der Waals surface area contributed by atoms with Gasteiger partial charge in [-0.15, -0.1) is 0 Å². The van der Waals surface area contributed by atoms with Crippen LogP contribution in [0.5, 0.6) is 5.75 Å². The summed E-state index contributed by atoms with van der Waals surface area (Å²) in [7, 11) is 1.62. The van der Waals surface area contributed by atoms with Gasteiger partial charge in [-0.25, -0.2) is 4.79 Å². The molecule has 0 radical (unpaired) electrons. The van der Waals surface area contributed by atoms with Crippen LogP contribution in [0.2, 0.25) is 0 Å². The van der Waals surface area contributed by atoms with Crippen molar-refractivity contribution in [3.8, 4) is 17.0 Å². The van der Waals surface area contributed by atoms with Crippen LogP contribution < -0.4 is 4.74 Å². The molecule has 1 aromatic carbocycles. The standard InChI is InChI=1S/C16H17NO3/c1-3-4-15-13(16(18)19)9-10-14(17-15)11-5-7-12(20-2)8-6-11/h5-10H,3-4H2,1-2H3,(H,18,19). The van der Waals surface area contributed by atoms with Crippen LogP contribution in [0, 0.1) is 0 Å². The molecule has 104 valence electrons. The number of rotatable bonds is 5. The van der Waals surface area contributed by atoms with Crippen LogP contribution in [-0.4, -0.2) is 23.2 Å². The number of carboxylic acid groups (broad SMARTS) is 1. The van der Waals surface area contributed by atoms with Gasteiger partial charge in [0.1, 0.15) is 5.75 Å². The maximum atomic E-state index is 11.2. The van der Waals surface area contributed by atoms with E-state index >= 15 is 0 Å². The SMILES string of the molecule is CCCc1nc(-c2ccc(OC)cc2)ccc1C(=O)O. The average Bonchev–Trinajstić information content (AvgIpc) is 2.47. The van der Waals surface area contributed by atoms with Gasteiger partial charge in [-0.05, 0) is 42.8 Å². The van der Waals surface area contributed by atoms with E-state index in [9.17, 15) is 4.79 Å². The predicted molar refractivity (Wildman–Crippen MR) is 77.2 cm³/mol. The van der Waals surface area contributed by atoms with Crippen molar-refractivity contribution < 1.29 is 14.6 Å². The normalized spacial score (nSPS) is 10.3. The fourth-order valence-electron chi connectivity index (χ4n) is 2.05. The highest BCUT2D eigenvalue weighted by atomic mass is 16.5. The van der Waals surface area contributed by atoms with E-state index in [1.807, 2.05) is 31.2 Å². The first kappa shape index (κ1) is 14.1. The Balaban J connectivity index is 2.41. The lowest BCUT2D eigenvalue weighted by Crippen LogP contribution is -2.05. The molecule has 2 rings (SSSR count). The molecule has 0 atom stereocenters. The summed E-state index contributed by atoms with van der Waals surface area (Å²) >= 11 is 0. The smallest absolute Gasteiger partial charge is 0.337 e. The van der Waals surface area contributed by atoms with Crippen molar-refractivity contribution in [2.24, 2.45) is 0 Å². The van der Waals surface area contributed by atoms with E-state index in [1.54, 1.807) is 19.2 Å². The van der Waals surface area contributed by atoms with E-state index in [1.165, 1.54) is 0 Å². The number of benzene rings is 1. The maximum absolute atomic E-state index is 11.2. The number of aromatic nitrogens is 1. The molecule has 0 aliphatic rings. The van der Waals surface area contributed by atoms with Crippen molar-refractivity contribution in [3.05, 3.63) is 47.7 Å². The number of nitrogens with zero attached hydrogens (tertiary/aromatic N) is 1. The van der Waals surface area contributed by atoms with E-state index in [0.717, 1.165) is 23.4 Å². The van der Waals surface area contributed by atoms with Crippen LogP contribution in [0.3, 0.4) is 0 Å². The van der Waals surface area contributed by atoms with Crippen LogP contribution in [0.25, 0.3) is 11.3 Å². The number of hydrogen-bond donors (Lipinski definition) is 1. The van der Waals surface area contributed by atoms with Gasteiger partial charge in [0.15, 0.2) is 0 Å². The van der Waals surface area contributed by atoms with Gasteiger partial charge in [0.05, 0.1) is 24.1 Å². The monoisotopic (exact) mass is 271 g/mol. The second-order valence-electron chi connectivity index (χ2n) is 4.47. The third-order valence-corrected chi connectivity index (χ3v) is 3.08. The minimum Gasteiger partial charge on any atom is -0.497 e. The van der Waals surface area contributed by atoms with Crippen molar-refractivity contribution in [1.82, 2.24) is 4.98 Å². The number of pyridine rings is 1. The van der Waals surface area contributed by atoms with Gasteiger partial charge in [0.25, 0.3) is 0 Å². The van der Waals surface area contributed by atoms with Crippen molar-refractivity contribution >= 4 is 5.97 Å². The molecular weight excluding hydrogens is 254 g/mol. The van der Waals surface area contributed by atoms with Crippen LogP contribution in [-0.2, 0) is 6.42 Å². The van der Waals surface area contributed by atoms with E-state index in [0.29, 0.717) is 12.1 Å². The summed E-state index contributed by atoms with van der Waals surface area (Å²) in [6.45, 7) is 2.01. The van der Waals surface area contributed by atoms with Gasteiger partial charge in [-0.1, -0.05) is 13.3 Å². The molecule has 0 fully saturated rings. The van der Waals surface area contributed by atoms with Crippen molar-refractivity contribution in [2.45, 2.75) is 19.8 Å². The third kappa shape index (κ3) is 2.96. The first-order valence-electron chi connectivity index (χ1n) is 6.53. The molecule has 0 aliphatic heterocycles. The Morgan fingerprint density at radius 3 is 2.45 bits per heavy atom. The summed E-state index contributed by atoms with van der Waals surface area (Å²) in [5.74, 6) is -0.146. The Kier molecular flexibility index (Phi) is 4.35. The molecule has 1 aromatic heterocycles. The molecule has 0 aliphatic carbocycles. The van der Waals surface area contributed by atoms with Crippen LogP contribution in [0.1, 0.15) is 29.4 Å². The molecule has 2 aromatic rings. The molecule has 0 saturated heterocycles. The topological polar surface area (TPSA) is 59.4 Å². The quantitative estimate of drug-likeness (QED) is 0.905. The van der Waals surface area contributed by atoms with Gasteiger partial charge in [0, 0.05) is 5.56 Å². The second-order valence-corrected chi connectivity index (χ2v) is 4.47. The Labute approximate surface area is 118 Å². The highest BCUT2D eigenvalue weighted by Gasteiger charge is 2.12. The summed E-state index contributed by atoms with van der Waals surface area (Å²) in [6.07, 6.45) is 1.52. The van der Waals surface area contributed by atoms with Gasteiger partial charge in [-0.2, -0.15) is 0 Å². The molecule has 0 saturated carbocycles. The number of hydrogen-bond acceptors (Lipinski definition) is 3. The summed E-state index contributed by atoms with van der Waals surface area (Å²) in [6, 6.07) is 10.9. The lowest BCUT2D eigenvalue weighted by atomic mass is 10.1. The number of carbonyl (C=O) groups is 1. The van der Waals surface area contributed by atoms with Gasteiger partial charge >= 0.3 is 5.97 Å². The number of methoxy groups -OCH3 is 1. The average molecular weight is 271 g/mol. The number of carboxylic acids is 1. The fourth-order valence-corrected chi connectivity index (χ4v) is 2.05. The maximum Gasteiger partial charge on any atom is 0.337 e. The number of ether oxygens (including phenoxy) is 1. The summed E-state index contributed by atoms with van der Waals surface area (Å²) in [4.78, 5) is 15.7. The zero-order valence-electron chi connectivity index (χ0n) is 11.6. The molecule has 0 spiro atoms. The van der Waals surface area contributed by atoms with Crippen LogP contribution in [0.4, 0.5) is 0 Å². The lowest BCUT2D eigenvalue weighted by Gasteiger charge is -2.08. The number of aromatic carboxylic acids is 1. The molecule has 1 heterocycles. The first-order valence-corrected chi connectivity index (χ1v) is 6.53. The van der Waals surface area contributed by atoms with Crippen molar-refractivity contribution in [3.63, 3.8) is 0 Å².